The fraction of sp³-hybridized carbons (Fsp3) is 0.167. The van der Waals surface area contributed by atoms with Gasteiger partial charge in [-0.1, -0.05) is 29.5 Å². The van der Waals surface area contributed by atoms with Crippen molar-refractivity contribution in [1.82, 2.24) is 15.0 Å². The van der Waals surface area contributed by atoms with Crippen LogP contribution in [0.15, 0.2) is 42.5 Å². The van der Waals surface area contributed by atoms with Gasteiger partial charge in [0.25, 0.3) is 5.91 Å². The molecule has 0 fully saturated rings. The Balaban J connectivity index is 1.93. The number of hydrogen-bond acceptors (Lipinski definition) is 5. The lowest BCUT2D eigenvalue weighted by atomic mass is 10.1. The highest BCUT2D eigenvalue weighted by molar-refractivity contribution is 6.06. The molecule has 7 nitrogen and oxygen atoms in total. The standard InChI is InChI=1S/C18H19N5O2/c1-11-8-9-12(2)14(10-11)23-17(19)16(21-22-23)18(24)20-13-6-4-5-7-15(13)25-3/h4-10H,19H2,1-3H3,(H,20,24). The third-order valence-corrected chi connectivity index (χ3v) is 3.87. The summed E-state index contributed by atoms with van der Waals surface area (Å²) < 4.78 is 6.70. The molecule has 0 unspecified atom stereocenters. The van der Waals surface area contributed by atoms with E-state index in [0.29, 0.717) is 11.4 Å². The Labute approximate surface area is 145 Å². The number of nitrogen functional groups attached to an aromatic ring is 1. The van der Waals surface area contributed by atoms with Crippen molar-refractivity contribution in [2.75, 3.05) is 18.2 Å². The summed E-state index contributed by atoms with van der Waals surface area (Å²) in [4.78, 5) is 12.5. The van der Waals surface area contributed by atoms with Crippen molar-refractivity contribution in [1.29, 1.82) is 0 Å². The molecule has 0 radical (unpaired) electrons. The number of carbonyl (C=O) groups excluding carboxylic acids is 1. The van der Waals surface area contributed by atoms with Gasteiger partial charge in [0, 0.05) is 0 Å². The van der Waals surface area contributed by atoms with Crippen LogP contribution in [0.1, 0.15) is 21.6 Å². The van der Waals surface area contributed by atoms with Gasteiger partial charge in [0.15, 0.2) is 11.5 Å². The van der Waals surface area contributed by atoms with Crippen molar-refractivity contribution >= 4 is 17.4 Å². The van der Waals surface area contributed by atoms with E-state index in [0.717, 1.165) is 16.8 Å². The van der Waals surface area contributed by atoms with Crippen LogP contribution in [0.5, 0.6) is 5.75 Å². The molecule has 3 rings (SSSR count). The highest BCUT2D eigenvalue weighted by Crippen LogP contribution is 2.25. The third-order valence-electron chi connectivity index (χ3n) is 3.87. The SMILES string of the molecule is COc1ccccc1NC(=O)c1nnn(-c2cc(C)ccc2C)c1N. The molecule has 128 valence electrons. The normalized spacial score (nSPS) is 10.5. The zero-order valence-corrected chi connectivity index (χ0v) is 14.3. The van der Waals surface area contributed by atoms with Crippen molar-refractivity contribution in [2.45, 2.75) is 13.8 Å². The molecule has 3 aromatic rings. The van der Waals surface area contributed by atoms with Gasteiger partial charge in [0.2, 0.25) is 0 Å². The van der Waals surface area contributed by atoms with Crippen molar-refractivity contribution < 1.29 is 9.53 Å². The van der Waals surface area contributed by atoms with E-state index in [-0.39, 0.29) is 11.5 Å². The largest absolute Gasteiger partial charge is 0.495 e. The van der Waals surface area contributed by atoms with Gasteiger partial charge >= 0.3 is 0 Å². The molecular weight excluding hydrogens is 318 g/mol. The van der Waals surface area contributed by atoms with E-state index in [1.165, 1.54) is 11.8 Å². The molecule has 0 aliphatic heterocycles. The van der Waals surface area contributed by atoms with Gasteiger partial charge in [0.1, 0.15) is 5.75 Å². The molecule has 0 spiro atoms. The quantitative estimate of drug-likeness (QED) is 0.763. The minimum atomic E-state index is -0.446. The number of ether oxygens (including phenoxy) is 1. The maximum Gasteiger partial charge on any atom is 0.280 e. The van der Waals surface area contributed by atoms with Crippen molar-refractivity contribution in [3.05, 3.63) is 59.3 Å². The van der Waals surface area contributed by atoms with E-state index in [1.807, 2.05) is 38.1 Å². The number of amides is 1. The Morgan fingerprint density at radius 2 is 1.96 bits per heavy atom. The summed E-state index contributed by atoms with van der Waals surface area (Å²) >= 11 is 0. The number of aromatic nitrogens is 3. The molecule has 1 aromatic heterocycles. The summed E-state index contributed by atoms with van der Waals surface area (Å²) in [6.45, 7) is 3.93. The maximum atomic E-state index is 12.5. The first-order chi connectivity index (χ1) is 12.0. The molecule has 0 saturated carbocycles. The number of nitrogens with two attached hydrogens (primary N) is 1. The number of aryl methyl sites for hydroxylation is 2. The maximum absolute atomic E-state index is 12.5. The van der Waals surface area contributed by atoms with Crippen molar-refractivity contribution in [3.63, 3.8) is 0 Å². The van der Waals surface area contributed by atoms with E-state index in [4.69, 9.17) is 10.5 Å². The first-order valence-corrected chi connectivity index (χ1v) is 7.74. The lowest BCUT2D eigenvalue weighted by Gasteiger charge is -2.10. The van der Waals surface area contributed by atoms with E-state index >= 15 is 0 Å². The Bertz CT molecular complexity index is 933. The fourth-order valence-corrected chi connectivity index (χ4v) is 2.51. The zero-order valence-electron chi connectivity index (χ0n) is 14.3. The Hall–Kier alpha value is -3.35. The van der Waals surface area contributed by atoms with Crippen molar-refractivity contribution in [2.24, 2.45) is 0 Å². The van der Waals surface area contributed by atoms with Crippen LogP contribution in [0.25, 0.3) is 5.69 Å². The number of carbonyl (C=O) groups is 1. The lowest BCUT2D eigenvalue weighted by molar-refractivity contribution is 0.102. The van der Waals surface area contributed by atoms with E-state index in [9.17, 15) is 4.79 Å². The first-order valence-electron chi connectivity index (χ1n) is 7.74. The Kier molecular flexibility index (Phi) is 4.38. The lowest BCUT2D eigenvalue weighted by Crippen LogP contribution is -2.15. The average molecular weight is 337 g/mol. The minimum absolute atomic E-state index is 0.0619. The number of nitrogens with one attached hydrogen (secondary N) is 1. The van der Waals surface area contributed by atoms with Crippen LogP contribution >= 0.6 is 0 Å². The van der Waals surface area contributed by atoms with Gasteiger partial charge in [0.05, 0.1) is 18.5 Å². The van der Waals surface area contributed by atoms with E-state index in [2.05, 4.69) is 15.6 Å². The zero-order chi connectivity index (χ0) is 18.0. The highest BCUT2D eigenvalue weighted by atomic mass is 16.5. The molecule has 1 amide bonds. The molecule has 0 bridgehead atoms. The summed E-state index contributed by atoms with van der Waals surface area (Å²) in [6.07, 6.45) is 0. The summed E-state index contributed by atoms with van der Waals surface area (Å²) in [7, 11) is 1.54. The van der Waals surface area contributed by atoms with Gasteiger partial charge in [-0.3, -0.25) is 4.79 Å². The predicted octanol–water partition coefficient (Wildman–Crippen LogP) is 2.73. The van der Waals surface area contributed by atoms with Gasteiger partial charge in [-0.05, 0) is 43.2 Å². The number of methoxy groups -OCH3 is 1. The molecule has 2 aromatic carbocycles. The second-order valence-electron chi connectivity index (χ2n) is 5.68. The van der Waals surface area contributed by atoms with Crippen molar-refractivity contribution in [3.8, 4) is 11.4 Å². The van der Waals surface area contributed by atoms with E-state index in [1.54, 1.807) is 18.2 Å². The van der Waals surface area contributed by atoms with Crippen LogP contribution in [0.4, 0.5) is 11.5 Å². The van der Waals surface area contributed by atoms with Crippen LogP contribution in [-0.4, -0.2) is 28.0 Å². The number of nitrogens with zero attached hydrogens (tertiary/aromatic N) is 3. The van der Waals surface area contributed by atoms with Gasteiger partial charge in [-0.25, -0.2) is 0 Å². The van der Waals surface area contributed by atoms with Crippen LogP contribution in [0.3, 0.4) is 0 Å². The Morgan fingerprint density at radius 1 is 1.20 bits per heavy atom. The number of hydrogen-bond donors (Lipinski definition) is 2. The average Bonchev–Trinajstić information content (AvgIpc) is 2.99. The summed E-state index contributed by atoms with van der Waals surface area (Å²) in [5, 5.41) is 10.7. The summed E-state index contributed by atoms with van der Waals surface area (Å²) in [6, 6.07) is 13.0. The monoisotopic (exact) mass is 337 g/mol. The fourth-order valence-electron chi connectivity index (χ4n) is 2.51. The van der Waals surface area contributed by atoms with Crippen LogP contribution < -0.4 is 15.8 Å². The molecular formula is C18H19N5O2. The molecule has 0 aliphatic rings. The second-order valence-corrected chi connectivity index (χ2v) is 5.68. The number of anilines is 2. The van der Waals surface area contributed by atoms with Crippen LogP contribution in [-0.2, 0) is 0 Å². The molecule has 0 saturated heterocycles. The Morgan fingerprint density at radius 3 is 2.72 bits per heavy atom. The molecule has 3 N–H and O–H groups in total. The van der Waals surface area contributed by atoms with Gasteiger partial charge in [-0.15, -0.1) is 5.10 Å². The number of rotatable bonds is 4. The molecule has 0 atom stereocenters. The topological polar surface area (TPSA) is 95.1 Å². The smallest absolute Gasteiger partial charge is 0.280 e. The molecule has 0 aliphatic carbocycles. The number of benzene rings is 2. The van der Waals surface area contributed by atoms with Crippen LogP contribution in [0, 0.1) is 13.8 Å². The van der Waals surface area contributed by atoms with E-state index < -0.39 is 5.91 Å². The highest BCUT2D eigenvalue weighted by Gasteiger charge is 2.20. The minimum Gasteiger partial charge on any atom is -0.495 e. The summed E-state index contributed by atoms with van der Waals surface area (Å²) in [5.41, 5.74) is 9.57. The van der Waals surface area contributed by atoms with Crippen LogP contribution in [0.2, 0.25) is 0 Å². The number of para-hydroxylation sites is 2. The summed E-state index contributed by atoms with van der Waals surface area (Å²) in [5.74, 6) is 0.288. The predicted molar refractivity (Wildman–Crippen MR) is 96.2 cm³/mol. The molecule has 1 heterocycles. The molecule has 7 heteroatoms. The molecule has 25 heavy (non-hydrogen) atoms. The third kappa shape index (κ3) is 3.16. The van der Waals surface area contributed by atoms with Gasteiger partial charge < -0.3 is 15.8 Å². The first kappa shape index (κ1) is 16.5. The second kappa shape index (κ2) is 6.64. The van der Waals surface area contributed by atoms with Gasteiger partial charge in [-0.2, -0.15) is 4.68 Å².